The van der Waals surface area contributed by atoms with E-state index in [-0.39, 0.29) is 29.4 Å². The van der Waals surface area contributed by atoms with Crippen molar-refractivity contribution in [1.82, 2.24) is 15.1 Å². The van der Waals surface area contributed by atoms with E-state index in [1.807, 2.05) is 0 Å². The molecule has 4 unspecified atom stereocenters. The third kappa shape index (κ3) is 4.62. The summed E-state index contributed by atoms with van der Waals surface area (Å²) in [5.74, 6) is 2.51. The SMILES string of the molecule is CCN=C(NC1C2CCCOC2C1(C)C)N1CCC(CN2CCOCC2)C1.I. The van der Waals surface area contributed by atoms with E-state index in [0.717, 1.165) is 64.4 Å². The summed E-state index contributed by atoms with van der Waals surface area (Å²) in [6.45, 7) is 16.0. The molecule has 28 heavy (non-hydrogen) atoms. The Bertz CT molecular complexity index is 538. The van der Waals surface area contributed by atoms with Crippen molar-refractivity contribution in [1.29, 1.82) is 0 Å². The van der Waals surface area contributed by atoms with Crippen molar-refractivity contribution in [2.24, 2.45) is 22.2 Å². The Hall–Kier alpha value is -0.120. The zero-order valence-corrected chi connectivity index (χ0v) is 20.2. The number of guanidine groups is 1. The highest BCUT2D eigenvalue weighted by molar-refractivity contribution is 14.0. The molecule has 1 aliphatic carbocycles. The molecule has 6 nitrogen and oxygen atoms in total. The first-order valence-corrected chi connectivity index (χ1v) is 11.1. The van der Waals surface area contributed by atoms with Gasteiger partial charge >= 0.3 is 0 Å². The molecule has 0 aromatic rings. The van der Waals surface area contributed by atoms with Crippen LogP contribution in [0, 0.1) is 17.3 Å². The van der Waals surface area contributed by atoms with Crippen LogP contribution in [0.4, 0.5) is 0 Å². The highest BCUT2D eigenvalue weighted by Gasteiger charge is 2.58. The maximum Gasteiger partial charge on any atom is 0.194 e. The lowest BCUT2D eigenvalue weighted by Crippen LogP contribution is -2.71. The first-order chi connectivity index (χ1) is 13.1. The van der Waals surface area contributed by atoms with Gasteiger partial charge in [-0.3, -0.25) is 9.89 Å². The summed E-state index contributed by atoms with van der Waals surface area (Å²) in [6.07, 6.45) is 4.16. The van der Waals surface area contributed by atoms with E-state index in [0.29, 0.717) is 18.1 Å². The molecule has 3 aliphatic heterocycles. The van der Waals surface area contributed by atoms with Crippen LogP contribution in [0.15, 0.2) is 4.99 Å². The molecule has 4 atom stereocenters. The molecular formula is C21H39IN4O2. The minimum absolute atomic E-state index is 0. The van der Waals surface area contributed by atoms with Crippen molar-refractivity contribution < 1.29 is 9.47 Å². The van der Waals surface area contributed by atoms with Gasteiger partial charge in [0.05, 0.1) is 19.3 Å². The Labute approximate surface area is 187 Å². The molecule has 0 aromatic heterocycles. The van der Waals surface area contributed by atoms with Crippen molar-refractivity contribution in [2.45, 2.75) is 52.2 Å². The number of hydrogen-bond acceptors (Lipinski definition) is 4. The monoisotopic (exact) mass is 506 g/mol. The molecule has 1 N–H and O–H groups in total. The molecule has 1 saturated carbocycles. The van der Waals surface area contributed by atoms with Crippen molar-refractivity contribution >= 4 is 29.9 Å². The van der Waals surface area contributed by atoms with E-state index in [1.165, 1.54) is 25.8 Å². The normalized spacial score (nSPS) is 35.7. The van der Waals surface area contributed by atoms with Crippen molar-refractivity contribution in [3.63, 3.8) is 0 Å². The Morgan fingerprint density at radius 3 is 2.68 bits per heavy atom. The Balaban J connectivity index is 0.00000225. The summed E-state index contributed by atoms with van der Waals surface area (Å²) in [5, 5.41) is 3.87. The summed E-state index contributed by atoms with van der Waals surface area (Å²) in [6, 6.07) is 0.478. The Morgan fingerprint density at radius 2 is 1.93 bits per heavy atom. The molecule has 4 aliphatic rings. The van der Waals surface area contributed by atoms with Crippen LogP contribution in [0.1, 0.15) is 40.0 Å². The highest BCUT2D eigenvalue weighted by atomic mass is 127. The van der Waals surface area contributed by atoms with Crippen molar-refractivity contribution in [3.05, 3.63) is 0 Å². The summed E-state index contributed by atoms with van der Waals surface area (Å²) in [7, 11) is 0. The maximum atomic E-state index is 6.08. The molecule has 162 valence electrons. The number of fused-ring (bicyclic) bond motifs is 1. The number of hydrogen-bond donors (Lipinski definition) is 1. The lowest BCUT2D eigenvalue weighted by molar-refractivity contribution is -0.188. The Kier molecular flexibility index (Phi) is 7.89. The summed E-state index contributed by atoms with van der Waals surface area (Å²) < 4.78 is 11.6. The van der Waals surface area contributed by atoms with Gasteiger partial charge < -0.3 is 19.7 Å². The van der Waals surface area contributed by atoms with Gasteiger partial charge in [0.25, 0.3) is 0 Å². The number of rotatable bonds is 4. The van der Waals surface area contributed by atoms with Gasteiger partial charge in [-0.2, -0.15) is 0 Å². The lowest BCUT2D eigenvalue weighted by atomic mass is 9.55. The van der Waals surface area contributed by atoms with Crippen LogP contribution in [0.3, 0.4) is 0 Å². The lowest BCUT2D eigenvalue weighted by Gasteiger charge is -2.60. The van der Waals surface area contributed by atoms with Gasteiger partial charge in [-0.1, -0.05) is 13.8 Å². The summed E-state index contributed by atoms with van der Waals surface area (Å²) >= 11 is 0. The van der Waals surface area contributed by atoms with Crippen LogP contribution in [0.2, 0.25) is 0 Å². The predicted octanol–water partition coefficient (Wildman–Crippen LogP) is 2.43. The van der Waals surface area contributed by atoms with E-state index in [4.69, 9.17) is 14.5 Å². The van der Waals surface area contributed by atoms with E-state index in [9.17, 15) is 0 Å². The van der Waals surface area contributed by atoms with Gasteiger partial charge in [0.15, 0.2) is 5.96 Å². The fourth-order valence-corrected chi connectivity index (χ4v) is 5.66. The zero-order chi connectivity index (χ0) is 18.9. The largest absolute Gasteiger partial charge is 0.379 e. The smallest absolute Gasteiger partial charge is 0.194 e. The molecule has 0 bridgehead atoms. The first kappa shape index (κ1) is 22.6. The molecule has 3 saturated heterocycles. The number of nitrogens with zero attached hydrogens (tertiary/aromatic N) is 3. The van der Waals surface area contributed by atoms with Crippen LogP contribution < -0.4 is 5.32 Å². The third-order valence-electron chi connectivity index (χ3n) is 7.13. The van der Waals surface area contributed by atoms with Crippen molar-refractivity contribution in [3.8, 4) is 0 Å². The molecule has 4 rings (SSSR count). The Morgan fingerprint density at radius 1 is 1.14 bits per heavy atom. The highest BCUT2D eigenvalue weighted by Crippen LogP contribution is 2.51. The number of aliphatic imine (C=N–C) groups is 1. The molecule has 0 spiro atoms. The maximum absolute atomic E-state index is 6.08. The van der Waals surface area contributed by atoms with Crippen LogP contribution in [-0.2, 0) is 9.47 Å². The summed E-state index contributed by atoms with van der Waals surface area (Å²) in [4.78, 5) is 9.94. The molecule has 3 heterocycles. The second-order valence-electron chi connectivity index (χ2n) is 9.35. The summed E-state index contributed by atoms with van der Waals surface area (Å²) in [5.41, 5.74) is 0.187. The van der Waals surface area contributed by atoms with Crippen LogP contribution in [0.25, 0.3) is 0 Å². The number of likely N-dealkylation sites (tertiary alicyclic amines) is 1. The quantitative estimate of drug-likeness (QED) is 0.361. The number of nitrogens with one attached hydrogen (secondary N) is 1. The molecule has 0 amide bonds. The topological polar surface area (TPSA) is 49.3 Å². The predicted molar refractivity (Wildman–Crippen MR) is 123 cm³/mol. The van der Waals surface area contributed by atoms with Gasteiger partial charge in [0, 0.05) is 63.3 Å². The number of halogens is 1. The molecule has 4 fully saturated rings. The van der Waals surface area contributed by atoms with Crippen LogP contribution >= 0.6 is 24.0 Å². The molecule has 0 aromatic carbocycles. The second-order valence-corrected chi connectivity index (χ2v) is 9.35. The fourth-order valence-electron chi connectivity index (χ4n) is 5.66. The van der Waals surface area contributed by atoms with Crippen LogP contribution in [-0.4, -0.2) is 87.0 Å². The van der Waals surface area contributed by atoms with E-state index in [2.05, 4.69) is 35.9 Å². The number of morpholine rings is 1. The standard InChI is InChI=1S/C21H38N4O2.HI/c1-4-22-20(23-18-17-6-5-11-27-19(17)21(18,2)3)25-8-7-16(15-25)14-24-9-12-26-13-10-24;/h16-19H,4-15H2,1-3H3,(H,22,23);1H. The van der Waals surface area contributed by atoms with Gasteiger partial charge in [0.2, 0.25) is 0 Å². The van der Waals surface area contributed by atoms with E-state index in [1.54, 1.807) is 0 Å². The minimum Gasteiger partial charge on any atom is -0.379 e. The van der Waals surface area contributed by atoms with Crippen molar-refractivity contribution in [2.75, 3.05) is 59.1 Å². The first-order valence-electron chi connectivity index (χ1n) is 11.1. The van der Waals surface area contributed by atoms with E-state index < -0.39 is 0 Å². The van der Waals surface area contributed by atoms with E-state index >= 15 is 0 Å². The third-order valence-corrected chi connectivity index (χ3v) is 7.13. The van der Waals surface area contributed by atoms with Gasteiger partial charge in [-0.15, -0.1) is 24.0 Å². The van der Waals surface area contributed by atoms with Crippen LogP contribution in [0.5, 0.6) is 0 Å². The average Bonchev–Trinajstić information content (AvgIpc) is 3.14. The molecule has 7 heteroatoms. The minimum atomic E-state index is 0. The van der Waals surface area contributed by atoms with Gasteiger partial charge in [0.1, 0.15) is 0 Å². The molecular weight excluding hydrogens is 467 g/mol. The average molecular weight is 506 g/mol. The molecule has 0 radical (unpaired) electrons. The van der Waals surface area contributed by atoms with Gasteiger partial charge in [-0.05, 0) is 32.1 Å². The van der Waals surface area contributed by atoms with Gasteiger partial charge in [-0.25, -0.2) is 0 Å². The number of ether oxygens (including phenoxy) is 2. The zero-order valence-electron chi connectivity index (χ0n) is 17.9. The fraction of sp³-hybridized carbons (Fsp3) is 0.952. The second kappa shape index (κ2) is 9.79.